The zero-order valence-corrected chi connectivity index (χ0v) is 17.5. The summed E-state index contributed by atoms with van der Waals surface area (Å²) in [6.45, 7) is 4.47. The average Bonchev–Trinajstić information content (AvgIpc) is 3.16. The zero-order valence-electron chi connectivity index (χ0n) is 16.0. The number of likely N-dealkylation sites (tertiary alicyclic amines) is 1. The van der Waals surface area contributed by atoms with Crippen LogP contribution >= 0.6 is 23.5 Å². The lowest BCUT2D eigenvalue weighted by atomic mass is 9.98. The van der Waals surface area contributed by atoms with Gasteiger partial charge in [-0.15, -0.1) is 0 Å². The third kappa shape index (κ3) is 5.54. The second kappa shape index (κ2) is 10.0. The Morgan fingerprint density at radius 3 is 2.86 bits per heavy atom. The molecule has 0 bridgehead atoms. The van der Waals surface area contributed by atoms with Crippen LogP contribution < -0.4 is 4.72 Å². The van der Waals surface area contributed by atoms with Crippen molar-refractivity contribution >= 4 is 29.5 Å². The Hall–Kier alpha value is -1.94. The van der Waals surface area contributed by atoms with Gasteiger partial charge in [-0.1, -0.05) is 24.6 Å². The first-order chi connectivity index (χ1) is 13.6. The third-order valence-corrected chi connectivity index (χ3v) is 6.24. The van der Waals surface area contributed by atoms with Crippen molar-refractivity contribution in [3.8, 4) is 6.07 Å². The van der Waals surface area contributed by atoms with Gasteiger partial charge in [-0.3, -0.25) is 4.79 Å². The number of halogens is 1. The molecule has 3 rings (SSSR count). The van der Waals surface area contributed by atoms with Gasteiger partial charge < -0.3 is 9.47 Å². The van der Waals surface area contributed by atoms with Crippen LogP contribution in [0.15, 0.2) is 47.5 Å². The van der Waals surface area contributed by atoms with E-state index in [-0.39, 0.29) is 11.9 Å². The van der Waals surface area contributed by atoms with Crippen LogP contribution in [0.25, 0.3) is 0 Å². The molecule has 0 spiro atoms. The molecule has 1 amide bonds. The van der Waals surface area contributed by atoms with E-state index >= 15 is 0 Å². The maximum atomic E-state index is 13.2. The highest BCUT2D eigenvalue weighted by Gasteiger charge is 2.27. The highest BCUT2D eigenvalue weighted by Crippen LogP contribution is 2.22. The van der Waals surface area contributed by atoms with Crippen LogP contribution in [0.2, 0.25) is 5.02 Å². The first kappa shape index (κ1) is 20.8. The Balaban J connectivity index is 1.67. The van der Waals surface area contributed by atoms with Crippen molar-refractivity contribution in [2.24, 2.45) is 5.92 Å². The van der Waals surface area contributed by atoms with E-state index in [1.54, 1.807) is 6.07 Å². The van der Waals surface area contributed by atoms with Gasteiger partial charge >= 0.3 is 0 Å². The van der Waals surface area contributed by atoms with Gasteiger partial charge in [-0.2, -0.15) is 5.26 Å². The van der Waals surface area contributed by atoms with Crippen LogP contribution in [-0.2, 0) is 11.3 Å². The minimum absolute atomic E-state index is 0.132. The Bertz CT molecular complexity index is 839. The van der Waals surface area contributed by atoms with Gasteiger partial charge in [0.05, 0.1) is 6.04 Å². The molecule has 7 heteroatoms. The second-order valence-electron chi connectivity index (χ2n) is 7.22. The Labute approximate surface area is 175 Å². The van der Waals surface area contributed by atoms with Gasteiger partial charge in [0.15, 0.2) is 0 Å². The number of carbonyl (C=O) groups is 1. The lowest BCUT2D eigenvalue weighted by Crippen LogP contribution is -2.47. The molecule has 28 heavy (non-hydrogen) atoms. The number of nitriles is 1. The summed E-state index contributed by atoms with van der Waals surface area (Å²) in [5.41, 5.74) is 0.612. The number of benzene rings is 1. The van der Waals surface area contributed by atoms with Crippen molar-refractivity contribution < 1.29 is 4.79 Å². The average molecular weight is 417 g/mol. The minimum atomic E-state index is -0.327. The number of hydrogen-bond donors (Lipinski definition) is 1. The van der Waals surface area contributed by atoms with E-state index in [0.29, 0.717) is 29.6 Å². The second-order valence-corrected chi connectivity index (χ2v) is 8.57. The largest absolute Gasteiger partial charge is 0.341 e. The van der Waals surface area contributed by atoms with Crippen LogP contribution in [-0.4, -0.2) is 34.5 Å². The van der Waals surface area contributed by atoms with Crippen molar-refractivity contribution in [3.05, 3.63) is 53.3 Å². The highest BCUT2D eigenvalue weighted by atomic mass is 35.5. The molecule has 1 aromatic heterocycles. The van der Waals surface area contributed by atoms with Crippen LogP contribution in [0.3, 0.4) is 0 Å². The number of nitrogens with one attached hydrogen (secondary N) is 1. The SMILES string of the molecule is CC1CCN(C(=O)C(CCn2cccc2C#N)NSc2cccc(Cl)c2)CC1. The fourth-order valence-electron chi connectivity index (χ4n) is 3.33. The Morgan fingerprint density at radius 2 is 2.14 bits per heavy atom. The summed E-state index contributed by atoms with van der Waals surface area (Å²) in [6, 6.07) is 13.1. The smallest absolute Gasteiger partial charge is 0.240 e. The van der Waals surface area contributed by atoms with E-state index in [1.165, 1.54) is 11.9 Å². The van der Waals surface area contributed by atoms with Gasteiger partial charge in [-0.05, 0) is 67.5 Å². The number of rotatable bonds is 7. The van der Waals surface area contributed by atoms with E-state index in [1.807, 2.05) is 46.0 Å². The third-order valence-electron chi connectivity index (χ3n) is 5.11. The normalized spacial score (nSPS) is 16.0. The molecule has 1 atom stereocenters. The molecule has 1 aliphatic heterocycles. The van der Waals surface area contributed by atoms with Gasteiger partial charge in [0.1, 0.15) is 11.8 Å². The van der Waals surface area contributed by atoms with Crippen molar-refractivity contribution in [2.45, 2.75) is 43.7 Å². The molecule has 2 aromatic rings. The van der Waals surface area contributed by atoms with E-state index in [2.05, 4.69) is 17.7 Å². The molecule has 0 radical (unpaired) electrons. The maximum absolute atomic E-state index is 13.2. The summed E-state index contributed by atoms with van der Waals surface area (Å²) in [4.78, 5) is 16.1. The molecule has 1 aromatic carbocycles. The number of piperidine rings is 1. The summed E-state index contributed by atoms with van der Waals surface area (Å²) >= 11 is 7.50. The molecule has 0 saturated carbocycles. The number of aromatic nitrogens is 1. The van der Waals surface area contributed by atoms with Crippen LogP contribution in [0.1, 0.15) is 31.9 Å². The van der Waals surface area contributed by atoms with Crippen molar-refractivity contribution in [2.75, 3.05) is 13.1 Å². The van der Waals surface area contributed by atoms with Crippen LogP contribution in [0.4, 0.5) is 0 Å². The topological polar surface area (TPSA) is 61.1 Å². The van der Waals surface area contributed by atoms with E-state index in [9.17, 15) is 10.1 Å². The van der Waals surface area contributed by atoms with Crippen molar-refractivity contribution in [1.82, 2.24) is 14.2 Å². The fraction of sp³-hybridized carbons (Fsp3) is 0.429. The molecule has 1 saturated heterocycles. The summed E-state index contributed by atoms with van der Waals surface area (Å²) in [7, 11) is 0. The molecule has 1 aliphatic rings. The molecule has 1 unspecified atom stereocenters. The fourth-order valence-corrected chi connectivity index (χ4v) is 4.42. The number of hydrogen-bond acceptors (Lipinski definition) is 4. The quantitative estimate of drug-likeness (QED) is 0.682. The van der Waals surface area contributed by atoms with Crippen molar-refractivity contribution in [3.63, 3.8) is 0 Å². The van der Waals surface area contributed by atoms with Gasteiger partial charge in [-0.25, -0.2) is 4.72 Å². The van der Waals surface area contributed by atoms with E-state index in [4.69, 9.17) is 11.6 Å². The predicted octanol–water partition coefficient (Wildman–Crippen LogP) is 4.33. The van der Waals surface area contributed by atoms with E-state index < -0.39 is 0 Å². The number of carbonyl (C=O) groups excluding carboxylic acids is 1. The van der Waals surface area contributed by atoms with Gasteiger partial charge in [0.2, 0.25) is 5.91 Å². The highest BCUT2D eigenvalue weighted by molar-refractivity contribution is 7.97. The molecular weight excluding hydrogens is 392 g/mol. The first-order valence-electron chi connectivity index (χ1n) is 9.59. The lowest BCUT2D eigenvalue weighted by Gasteiger charge is -2.33. The Kier molecular flexibility index (Phi) is 7.43. The molecule has 5 nitrogen and oxygen atoms in total. The minimum Gasteiger partial charge on any atom is -0.341 e. The van der Waals surface area contributed by atoms with Crippen LogP contribution in [0, 0.1) is 17.2 Å². The van der Waals surface area contributed by atoms with Crippen molar-refractivity contribution in [1.29, 1.82) is 5.26 Å². The molecule has 0 aliphatic carbocycles. The molecule has 1 N–H and O–H groups in total. The Morgan fingerprint density at radius 1 is 1.36 bits per heavy atom. The summed E-state index contributed by atoms with van der Waals surface area (Å²) in [5.74, 6) is 0.807. The summed E-state index contributed by atoms with van der Waals surface area (Å²) in [6.07, 6.45) is 4.60. The lowest BCUT2D eigenvalue weighted by molar-refractivity contribution is -0.134. The predicted molar refractivity (Wildman–Crippen MR) is 113 cm³/mol. The maximum Gasteiger partial charge on any atom is 0.240 e. The number of nitrogens with zero attached hydrogens (tertiary/aromatic N) is 3. The van der Waals surface area contributed by atoms with Crippen LogP contribution in [0.5, 0.6) is 0 Å². The summed E-state index contributed by atoms with van der Waals surface area (Å²) < 4.78 is 5.24. The molecular formula is C21H25ClN4OS. The number of amides is 1. The molecule has 148 valence electrons. The van der Waals surface area contributed by atoms with Gasteiger partial charge in [0.25, 0.3) is 0 Å². The standard InChI is InChI=1S/C21H25ClN4OS/c1-16-7-11-26(12-8-16)21(27)20(9-13-25-10-3-5-18(25)15-23)24-28-19-6-2-4-17(22)14-19/h2-6,10,14,16,20,24H,7-9,11-13H2,1H3. The molecule has 1 fully saturated rings. The number of aryl methyl sites for hydroxylation is 1. The monoisotopic (exact) mass is 416 g/mol. The first-order valence-corrected chi connectivity index (χ1v) is 10.8. The molecule has 2 heterocycles. The summed E-state index contributed by atoms with van der Waals surface area (Å²) in [5, 5.41) is 9.88. The van der Waals surface area contributed by atoms with Gasteiger partial charge in [0, 0.05) is 35.7 Å². The zero-order chi connectivity index (χ0) is 19.9. The van der Waals surface area contributed by atoms with E-state index in [0.717, 1.165) is 30.8 Å².